The lowest BCUT2D eigenvalue weighted by Crippen LogP contribution is -2.48. The van der Waals surface area contributed by atoms with E-state index < -0.39 is 23.8 Å². The highest BCUT2D eigenvalue weighted by Gasteiger charge is 2.27. The first-order valence-electron chi connectivity index (χ1n) is 13.3. The van der Waals surface area contributed by atoms with E-state index in [0.717, 1.165) is 11.1 Å². The van der Waals surface area contributed by atoms with Crippen LogP contribution in [-0.4, -0.2) is 46.8 Å². The Morgan fingerprint density at radius 2 is 1.64 bits per heavy atom. The highest BCUT2D eigenvalue weighted by atomic mass is 35.5. The Morgan fingerprint density at radius 1 is 0.952 bits per heavy atom. The molecule has 0 saturated carbocycles. The topological polar surface area (TPSA) is 102 Å². The Labute approximate surface area is 258 Å². The zero-order chi connectivity index (χ0) is 30.2. The van der Waals surface area contributed by atoms with E-state index in [-0.39, 0.29) is 25.3 Å². The van der Waals surface area contributed by atoms with Gasteiger partial charge in [-0.1, -0.05) is 77.3 Å². The van der Waals surface area contributed by atoms with E-state index >= 15 is 0 Å². The van der Waals surface area contributed by atoms with Crippen LogP contribution in [0.1, 0.15) is 35.0 Å². The number of halogens is 3. The normalized spacial score (nSPS) is 11.5. The fraction of sp³-hybridized carbons (Fsp3) is 0.226. The van der Waals surface area contributed by atoms with Gasteiger partial charge in [0.05, 0.1) is 23.0 Å². The number of aryl methyl sites for hydroxylation is 1. The third-order valence-electron chi connectivity index (χ3n) is 6.49. The summed E-state index contributed by atoms with van der Waals surface area (Å²) in [6.07, 6.45) is 0.805. The second-order valence-corrected chi connectivity index (χ2v) is 10.7. The average molecular weight is 628 g/mol. The van der Waals surface area contributed by atoms with Gasteiger partial charge >= 0.3 is 5.97 Å². The van der Waals surface area contributed by atoms with Crippen molar-refractivity contribution in [3.05, 3.63) is 105 Å². The summed E-state index contributed by atoms with van der Waals surface area (Å²) in [5.74, 6) is -1.64. The van der Waals surface area contributed by atoms with Crippen molar-refractivity contribution in [1.29, 1.82) is 0 Å². The molecule has 42 heavy (non-hydrogen) atoms. The summed E-state index contributed by atoms with van der Waals surface area (Å²) in [6, 6.07) is 20.7. The molecule has 0 aliphatic carbocycles. The molecule has 1 atom stereocenters. The van der Waals surface area contributed by atoms with Gasteiger partial charge in [-0.25, -0.2) is 4.68 Å². The Bertz CT molecular complexity index is 1570. The van der Waals surface area contributed by atoms with Gasteiger partial charge in [0.1, 0.15) is 12.6 Å². The molecular weight excluding hydrogens is 599 g/mol. The van der Waals surface area contributed by atoms with E-state index in [0.29, 0.717) is 38.4 Å². The summed E-state index contributed by atoms with van der Waals surface area (Å²) >= 11 is 18.8. The molecule has 0 saturated heterocycles. The first kappa shape index (κ1) is 31.1. The zero-order valence-corrected chi connectivity index (χ0v) is 25.3. The zero-order valence-electron chi connectivity index (χ0n) is 23.0. The Hall–Kier alpha value is -3.85. The predicted octanol–water partition coefficient (Wildman–Crippen LogP) is 6.22. The molecule has 2 N–H and O–H groups in total. The number of hydrogen-bond acceptors (Lipinski definition) is 5. The molecule has 0 radical (unpaired) electrons. The molecule has 1 heterocycles. The maximum atomic E-state index is 13.7. The lowest BCUT2D eigenvalue weighted by molar-refractivity contribution is -0.143. The number of amides is 2. The van der Waals surface area contributed by atoms with Crippen molar-refractivity contribution in [2.75, 3.05) is 13.2 Å². The fourth-order valence-corrected chi connectivity index (χ4v) is 5.05. The second-order valence-electron chi connectivity index (χ2n) is 9.41. The van der Waals surface area contributed by atoms with Crippen LogP contribution in [0.4, 0.5) is 0 Å². The van der Waals surface area contributed by atoms with E-state index in [4.69, 9.17) is 39.5 Å². The smallest absolute Gasteiger partial charge is 0.325 e. The molecular formula is C31H29Cl3N4O4. The number of hydrogen-bond donors (Lipinski definition) is 2. The molecule has 0 bridgehead atoms. The molecule has 0 unspecified atom stereocenters. The number of rotatable bonds is 11. The van der Waals surface area contributed by atoms with Crippen LogP contribution in [-0.2, 0) is 20.7 Å². The standard InChI is InChI=1S/C31H29Cl3N4O4/c1-3-42-27(39)18-35-30(40)25(15-9-20-7-5-4-6-8-20)36-31(41)28-19(2)29(21-10-12-22(32)13-11-21)38(37-28)26-16-14-23(33)17-24(26)34/h4-8,10-14,16-17,25H,3,9,15,18H2,1-2H3,(H,35,40)(H,36,41)/t25-/m0/s1. The fourth-order valence-electron chi connectivity index (χ4n) is 4.43. The third kappa shape index (κ3) is 7.70. The van der Waals surface area contributed by atoms with Gasteiger partial charge in [0, 0.05) is 21.2 Å². The van der Waals surface area contributed by atoms with Gasteiger partial charge in [-0.05, 0) is 62.6 Å². The first-order valence-corrected chi connectivity index (χ1v) is 14.4. The molecule has 218 valence electrons. The van der Waals surface area contributed by atoms with E-state index in [9.17, 15) is 14.4 Å². The van der Waals surface area contributed by atoms with Crippen LogP contribution in [0.5, 0.6) is 0 Å². The van der Waals surface area contributed by atoms with Crippen molar-refractivity contribution in [3.63, 3.8) is 0 Å². The maximum absolute atomic E-state index is 13.7. The highest BCUT2D eigenvalue weighted by Crippen LogP contribution is 2.33. The van der Waals surface area contributed by atoms with Crippen LogP contribution in [0.15, 0.2) is 72.8 Å². The van der Waals surface area contributed by atoms with Gasteiger partial charge in [0.15, 0.2) is 5.69 Å². The lowest BCUT2D eigenvalue weighted by Gasteiger charge is -2.18. The molecule has 2 amide bonds. The van der Waals surface area contributed by atoms with E-state index in [1.54, 1.807) is 48.9 Å². The summed E-state index contributed by atoms with van der Waals surface area (Å²) in [7, 11) is 0. The first-order chi connectivity index (χ1) is 20.2. The van der Waals surface area contributed by atoms with Gasteiger partial charge in [0.2, 0.25) is 5.91 Å². The number of esters is 1. The van der Waals surface area contributed by atoms with Crippen LogP contribution >= 0.6 is 34.8 Å². The molecule has 1 aromatic heterocycles. The summed E-state index contributed by atoms with van der Waals surface area (Å²) in [5.41, 5.74) is 3.55. The molecule has 11 heteroatoms. The molecule has 0 fully saturated rings. The van der Waals surface area contributed by atoms with Gasteiger partial charge in [-0.3, -0.25) is 14.4 Å². The van der Waals surface area contributed by atoms with Crippen LogP contribution < -0.4 is 10.6 Å². The minimum absolute atomic E-state index is 0.105. The van der Waals surface area contributed by atoms with Crippen molar-refractivity contribution in [3.8, 4) is 16.9 Å². The number of carbonyl (C=O) groups excluding carboxylic acids is 3. The van der Waals surface area contributed by atoms with Crippen LogP contribution in [0.2, 0.25) is 15.1 Å². The van der Waals surface area contributed by atoms with Crippen LogP contribution in [0.25, 0.3) is 16.9 Å². The predicted molar refractivity (Wildman–Crippen MR) is 164 cm³/mol. The molecule has 0 spiro atoms. The molecule has 0 aliphatic rings. The highest BCUT2D eigenvalue weighted by molar-refractivity contribution is 6.35. The van der Waals surface area contributed by atoms with E-state index in [1.165, 1.54) is 0 Å². The number of aromatic nitrogens is 2. The second kappa shape index (κ2) is 14.4. The third-order valence-corrected chi connectivity index (χ3v) is 7.28. The minimum atomic E-state index is -0.949. The number of benzene rings is 3. The number of nitrogens with one attached hydrogen (secondary N) is 2. The van der Waals surface area contributed by atoms with E-state index in [1.807, 2.05) is 42.5 Å². The van der Waals surface area contributed by atoms with Crippen LogP contribution in [0.3, 0.4) is 0 Å². The average Bonchev–Trinajstić information content (AvgIpc) is 3.31. The minimum Gasteiger partial charge on any atom is -0.465 e. The van der Waals surface area contributed by atoms with Gasteiger partial charge in [-0.15, -0.1) is 0 Å². The van der Waals surface area contributed by atoms with Gasteiger partial charge < -0.3 is 15.4 Å². The van der Waals surface area contributed by atoms with Crippen LogP contribution in [0, 0.1) is 6.92 Å². The van der Waals surface area contributed by atoms with Crippen molar-refractivity contribution in [1.82, 2.24) is 20.4 Å². The van der Waals surface area contributed by atoms with Crippen molar-refractivity contribution in [2.45, 2.75) is 32.7 Å². The molecule has 4 rings (SSSR count). The Balaban J connectivity index is 1.67. The summed E-state index contributed by atoms with van der Waals surface area (Å²) < 4.78 is 6.49. The SMILES string of the molecule is CCOC(=O)CNC(=O)[C@H](CCc1ccccc1)NC(=O)c1nn(-c2ccc(Cl)cc2Cl)c(-c2ccc(Cl)cc2)c1C. The number of nitrogens with zero attached hydrogens (tertiary/aromatic N) is 2. The number of carbonyl (C=O) groups is 3. The summed E-state index contributed by atoms with van der Waals surface area (Å²) in [4.78, 5) is 38.7. The van der Waals surface area contributed by atoms with E-state index in [2.05, 4.69) is 15.7 Å². The molecule has 8 nitrogen and oxygen atoms in total. The molecule has 4 aromatic rings. The van der Waals surface area contributed by atoms with Crippen molar-refractivity contribution < 1.29 is 19.1 Å². The lowest BCUT2D eigenvalue weighted by atomic mass is 10.0. The summed E-state index contributed by atoms with van der Waals surface area (Å²) in [6.45, 7) is 3.33. The summed E-state index contributed by atoms with van der Waals surface area (Å²) in [5, 5.41) is 11.4. The number of ether oxygens (including phenoxy) is 1. The van der Waals surface area contributed by atoms with Gasteiger partial charge in [-0.2, -0.15) is 5.10 Å². The van der Waals surface area contributed by atoms with Gasteiger partial charge in [0.25, 0.3) is 5.91 Å². The monoisotopic (exact) mass is 626 g/mol. The van der Waals surface area contributed by atoms with Crippen molar-refractivity contribution in [2.24, 2.45) is 0 Å². The Kier molecular flexibility index (Phi) is 10.6. The maximum Gasteiger partial charge on any atom is 0.325 e. The Morgan fingerprint density at radius 3 is 2.31 bits per heavy atom. The molecule has 0 aliphatic heterocycles. The van der Waals surface area contributed by atoms with Crippen molar-refractivity contribution >= 4 is 52.6 Å². The largest absolute Gasteiger partial charge is 0.465 e. The quantitative estimate of drug-likeness (QED) is 0.192. The molecule has 3 aromatic carbocycles.